The Labute approximate surface area is 127 Å². The van der Waals surface area contributed by atoms with Gasteiger partial charge in [-0.1, -0.05) is 35.3 Å². The van der Waals surface area contributed by atoms with Crippen LogP contribution in [0.1, 0.15) is 22.0 Å². The highest BCUT2D eigenvalue weighted by molar-refractivity contribution is 6.30. The van der Waals surface area contributed by atoms with Crippen molar-refractivity contribution in [1.82, 2.24) is 5.32 Å². The molecule has 2 aromatic rings. The third-order valence-electron chi connectivity index (χ3n) is 2.82. The van der Waals surface area contributed by atoms with Gasteiger partial charge >= 0.3 is 0 Å². The number of aliphatic hydroxyl groups is 1. The van der Waals surface area contributed by atoms with Crippen molar-refractivity contribution in [2.45, 2.75) is 6.10 Å². The van der Waals surface area contributed by atoms with Gasteiger partial charge in [0.1, 0.15) is 0 Å². The number of nitrogens with one attached hydrogen (secondary N) is 1. The van der Waals surface area contributed by atoms with Gasteiger partial charge in [-0.2, -0.15) is 0 Å². The van der Waals surface area contributed by atoms with E-state index < -0.39 is 6.10 Å². The van der Waals surface area contributed by atoms with Gasteiger partial charge in [0.15, 0.2) is 0 Å². The van der Waals surface area contributed by atoms with Crippen molar-refractivity contribution in [3.8, 4) is 0 Å². The van der Waals surface area contributed by atoms with Gasteiger partial charge in [-0.3, -0.25) is 4.79 Å². The van der Waals surface area contributed by atoms with Crippen molar-refractivity contribution in [3.05, 3.63) is 69.7 Å². The highest BCUT2D eigenvalue weighted by atomic mass is 35.5. The van der Waals surface area contributed by atoms with E-state index in [1.54, 1.807) is 48.5 Å². The Hall–Kier alpha value is -1.55. The normalized spacial score (nSPS) is 11.9. The van der Waals surface area contributed by atoms with Crippen LogP contribution in [-0.4, -0.2) is 17.6 Å². The van der Waals surface area contributed by atoms with Crippen molar-refractivity contribution in [2.75, 3.05) is 6.54 Å². The van der Waals surface area contributed by atoms with Gasteiger partial charge in [-0.25, -0.2) is 0 Å². The highest BCUT2D eigenvalue weighted by Gasteiger charge is 2.10. The minimum atomic E-state index is -0.775. The Bertz CT molecular complexity index is 582. The van der Waals surface area contributed by atoms with E-state index in [0.29, 0.717) is 21.2 Å². The Morgan fingerprint density at radius 2 is 1.50 bits per heavy atom. The van der Waals surface area contributed by atoms with Crippen LogP contribution in [0.5, 0.6) is 0 Å². The van der Waals surface area contributed by atoms with Crippen molar-refractivity contribution >= 4 is 29.1 Å². The zero-order valence-corrected chi connectivity index (χ0v) is 12.0. The molecule has 0 spiro atoms. The molecule has 0 aliphatic rings. The number of amides is 1. The Morgan fingerprint density at radius 1 is 1.00 bits per heavy atom. The first-order valence-electron chi connectivity index (χ1n) is 6.03. The molecule has 5 heteroatoms. The number of halogens is 2. The van der Waals surface area contributed by atoms with E-state index in [1.807, 2.05) is 0 Å². The maximum atomic E-state index is 11.9. The molecule has 2 N–H and O–H groups in total. The van der Waals surface area contributed by atoms with Crippen molar-refractivity contribution in [3.63, 3.8) is 0 Å². The van der Waals surface area contributed by atoms with E-state index in [2.05, 4.69) is 5.32 Å². The Balaban J connectivity index is 1.92. The first-order valence-corrected chi connectivity index (χ1v) is 6.79. The van der Waals surface area contributed by atoms with Crippen molar-refractivity contribution in [2.24, 2.45) is 0 Å². The largest absolute Gasteiger partial charge is 0.387 e. The summed E-state index contributed by atoms with van der Waals surface area (Å²) in [6.07, 6.45) is -0.775. The second-order valence-electron chi connectivity index (χ2n) is 4.28. The van der Waals surface area contributed by atoms with E-state index in [4.69, 9.17) is 23.2 Å². The predicted octanol–water partition coefficient (Wildman–Crippen LogP) is 3.46. The summed E-state index contributed by atoms with van der Waals surface area (Å²) < 4.78 is 0. The fraction of sp³-hybridized carbons (Fsp3) is 0.133. The molecular weight excluding hydrogens is 297 g/mol. The molecule has 0 heterocycles. The average Bonchev–Trinajstić information content (AvgIpc) is 2.46. The number of carbonyl (C=O) groups excluding carboxylic acids is 1. The van der Waals surface area contributed by atoms with E-state index in [9.17, 15) is 9.90 Å². The third kappa shape index (κ3) is 3.97. The van der Waals surface area contributed by atoms with Gasteiger partial charge in [0.05, 0.1) is 6.10 Å². The van der Waals surface area contributed by atoms with Gasteiger partial charge in [0.2, 0.25) is 0 Å². The fourth-order valence-electron chi connectivity index (χ4n) is 1.70. The van der Waals surface area contributed by atoms with Crippen LogP contribution >= 0.6 is 23.2 Å². The average molecular weight is 310 g/mol. The van der Waals surface area contributed by atoms with Gasteiger partial charge in [0, 0.05) is 22.2 Å². The van der Waals surface area contributed by atoms with E-state index >= 15 is 0 Å². The van der Waals surface area contributed by atoms with Crippen LogP contribution in [-0.2, 0) is 0 Å². The molecule has 0 aliphatic heterocycles. The monoisotopic (exact) mass is 309 g/mol. The SMILES string of the molecule is O=C(NCC(O)c1ccc(Cl)cc1)c1ccc(Cl)cc1. The summed E-state index contributed by atoms with van der Waals surface area (Å²) in [6, 6.07) is 13.4. The number of hydrogen-bond acceptors (Lipinski definition) is 2. The summed E-state index contributed by atoms with van der Waals surface area (Å²) in [5.74, 6) is -0.255. The molecule has 20 heavy (non-hydrogen) atoms. The topological polar surface area (TPSA) is 49.3 Å². The molecule has 1 unspecified atom stereocenters. The second kappa shape index (κ2) is 6.75. The van der Waals surface area contributed by atoms with Gasteiger partial charge in [-0.05, 0) is 42.0 Å². The number of rotatable bonds is 4. The molecule has 104 valence electrons. The molecular formula is C15H13Cl2NO2. The van der Waals surface area contributed by atoms with Gasteiger partial charge in [0.25, 0.3) is 5.91 Å². The van der Waals surface area contributed by atoms with Gasteiger partial charge < -0.3 is 10.4 Å². The quantitative estimate of drug-likeness (QED) is 0.908. The predicted molar refractivity (Wildman–Crippen MR) is 80.2 cm³/mol. The van der Waals surface area contributed by atoms with E-state index in [1.165, 1.54) is 0 Å². The smallest absolute Gasteiger partial charge is 0.251 e. The van der Waals surface area contributed by atoms with E-state index in [0.717, 1.165) is 0 Å². The van der Waals surface area contributed by atoms with Crippen molar-refractivity contribution < 1.29 is 9.90 Å². The number of benzene rings is 2. The standard InChI is InChI=1S/C15H13Cl2NO2/c16-12-5-1-10(2-6-12)14(19)9-18-15(20)11-3-7-13(17)8-4-11/h1-8,14,19H,9H2,(H,18,20). The van der Waals surface area contributed by atoms with Crippen LogP contribution < -0.4 is 5.32 Å². The maximum Gasteiger partial charge on any atom is 0.251 e. The molecule has 0 radical (unpaired) electrons. The first-order chi connectivity index (χ1) is 9.56. The third-order valence-corrected chi connectivity index (χ3v) is 3.32. The maximum absolute atomic E-state index is 11.9. The summed E-state index contributed by atoms with van der Waals surface area (Å²) >= 11 is 11.5. The van der Waals surface area contributed by atoms with Crippen LogP contribution in [0.15, 0.2) is 48.5 Å². The molecule has 0 aromatic heterocycles. The molecule has 0 aliphatic carbocycles. The number of aliphatic hydroxyl groups excluding tert-OH is 1. The second-order valence-corrected chi connectivity index (χ2v) is 5.16. The van der Waals surface area contributed by atoms with Crippen LogP contribution in [0.3, 0.4) is 0 Å². The number of hydrogen-bond donors (Lipinski definition) is 2. The summed E-state index contributed by atoms with van der Waals surface area (Å²) in [7, 11) is 0. The van der Waals surface area contributed by atoms with Crippen molar-refractivity contribution in [1.29, 1.82) is 0 Å². The summed E-state index contributed by atoms with van der Waals surface area (Å²) in [5.41, 5.74) is 1.20. The molecule has 1 atom stereocenters. The Kier molecular flexibility index (Phi) is 5.01. The van der Waals surface area contributed by atoms with Crippen LogP contribution in [0.2, 0.25) is 10.0 Å². The summed E-state index contributed by atoms with van der Waals surface area (Å²) in [4.78, 5) is 11.9. The lowest BCUT2D eigenvalue weighted by Crippen LogP contribution is -2.28. The van der Waals surface area contributed by atoms with E-state index in [-0.39, 0.29) is 12.5 Å². The minimum absolute atomic E-state index is 0.128. The van der Waals surface area contributed by atoms with Crippen LogP contribution in [0, 0.1) is 0 Å². The Morgan fingerprint density at radius 3 is 2.05 bits per heavy atom. The molecule has 0 saturated heterocycles. The van der Waals surface area contributed by atoms with Crippen LogP contribution in [0.25, 0.3) is 0 Å². The van der Waals surface area contributed by atoms with Gasteiger partial charge in [-0.15, -0.1) is 0 Å². The minimum Gasteiger partial charge on any atom is -0.387 e. The molecule has 2 rings (SSSR count). The zero-order chi connectivity index (χ0) is 14.5. The lowest BCUT2D eigenvalue weighted by molar-refractivity contribution is 0.0916. The lowest BCUT2D eigenvalue weighted by Gasteiger charge is -2.12. The summed E-state index contributed by atoms with van der Waals surface area (Å²) in [6.45, 7) is 0.128. The molecule has 0 saturated carbocycles. The highest BCUT2D eigenvalue weighted by Crippen LogP contribution is 2.16. The molecule has 3 nitrogen and oxygen atoms in total. The zero-order valence-electron chi connectivity index (χ0n) is 10.5. The first kappa shape index (κ1) is 14.9. The summed E-state index contributed by atoms with van der Waals surface area (Å²) in [5, 5.41) is 13.8. The lowest BCUT2D eigenvalue weighted by atomic mass is 10.1. The fourth-order valence-corrected chi connectivity index (χ4v) is 1.95. The number of carbonyl (C=O) groups is 1. The van der Waals surface area contributed by atoms with Crippen LogP contribution in [0.4, 0.5) is 0 Å². The molecule has 1 amide bonds. The molecule has 0 bridgehead atoms. The molecule has 0 fully saturated rings. The molecule has 2 aromatic carbocycles.